The summed E-state index contributed by atoms with van der Waals surface area (Å²) in [5.74, 6) is -1.11. The predicted octanol–water partition coefficient (Wildman–Crippen LogP) is 3.33. The third-order valence-electron chi connectivity index (χ3n) is 7.20. The Morgan fingerprint density at radius 2 is 1.74 bits per heavy atom. The summed E-state index contributed by atoms with van der Waals surface area (Å²) in [4.78, 5) is 44.9. The van der Waals surface area contributed by atoms with Gasteiger partial charge in [-0.3, -0.25) is 24.6 Å². The molecule has 176 valence electrons. The van der Waals surface area contributed by atoms with Crippen molar-refractivity contribution in [1.29, 1.82) is 0 Å². The molecule has 0 bridgehead atoms. The lowest BCUT2D eigenvalue weighted by Gasteiger charge is -2.30. The number of anilines is 1. The number of carbonyl (C=O) groups excluding carboxylic acids is 3. The molecule has 2 saturated heterocycles. The molecule has 7 heteroatoms. The molecule has 3 heterocycles. The topological polar surface area (TPSA) is 69.7 Å². The number of hydrogen-bond donors (Lipinski definition) is 1. The Labute approximate surface area is 204 Å². The smallest absolute Gasteiger partial charge is 0.253 e. The van der Waals surface area contributed by atoms with Gasteiger partial charge in [0.15, 0.2) is 0 Å². The van der Waals surface area contributed by atoms with Crippen molar-refractivity contribution in [3.63, 3.8) is 0 Å². The van der Waals surface area contributed by atoms with Crippen LogP contribution in [-0.4, -0.2) is 47.2 Å². The number of nitrogens with one attached hydrogen (secondary N) is 1. The molecular weight excluding hydrogens is 446 g/mol. The van der Waals surface area contributed by atoms with Gasteiger partial charge >= 0.3 is 0 Å². The zero-order valence-electron chi connectivity index (χ0n) is 19.5. The fourth-order valence-corrected chi connectivity index (χ4v) is 6.34. The van der Waals surface area contributed by atoms with Crippen LogP contribution in [0.5, 0.6) is 0 Å². The molecule has 0 saturated carbocycles. The Bertz CT molecular complexity index is 1170. The number of para-hydroxylation sites is 1. The van der Waals surface area contributed by atoms with Gasteiger partial charge in [0.25, 0.3) is 5.91 Å². The van der Waals surface area contributed by atoms with E-state index in [9.17, 15) is 14.4 Å². The van der Waals surface area contributed by atoms with Crippen molar-refractivity contribution >= 4 is 35.2 Å². The van der Waals surface area contributed by atoms with E-state index in [-0.39, 0.29) is 30.3 Å². The van der Waals surface area contributed by atoms with Gasteiger partial charge in [-0.15, -0.1) is 0 Å². The molecule has 0 aromatic heterocycles. The van der Waals surface area contributed by atoms with E-state index in [0.29, 0.717) is 13.0 Å². The van der Waals surface area contributed by atoms with Crippen molar-refractivity contribution in [2.75, 3.05) is 23.5 Å². The van der Waals surface area contributed by atoms with Crippen molar-refractivity contribution in [3.8, 4) is 0 Å². The molecule has 0 aliphatic carbocycles. The number of amides is 3. The highest BCUT2D eigenvalue weighted by atomic mass is 32.2. The molecule has 3 amide bonds. The molecule has 5 rings (SSSR count). The molecular formula is C27H29N3O3S. The van der Waals surface area contributed by atoms with E-state index in [1.54, 1.807) is 16.7 Å². The minimum absolute atomic E-state index is 0.166. The van der Waals surface area contributed by atoms with Gasteiger partial charge in [0.1, 0.15) is 5.54 Å². The van der Waals surface area contributed by atoms with Crippen molar-refractivity contribution < 1.29 is 14.4 Å². The highest BCUT2D eigenvalue weighted by Crippen LogP contribution is 2.55. The van der Waals surface area contributed by atoms with Crippen LogP contribution < -0.4 is 10.2 Å². The van der Waals surface area contributed by atoms with Gasteiger partial charge in [-0.2, -0.15) is 11.8 Å². The minimum atomic E-state index is -1.24. The number of thioether (sulfide) groups is 1. The Morgan fingerprint density at radius 3 is 2.44 bits per heavy atom. The average Bonchev–Trinajstić information content (AvgIpc) is 3.39. The summed E-state index contributed by atoms with van der Waals surface area (Å²) in [6.45, 7) is 6.49. The third-order valence-corrected chi connectivity index (χ3v) is 7.85. The standard InChI is InChI=1S/C27H29N3O3S/c1-17(2)15-29-21-12-8-7-11-19(21)27(26(29)33)23-22(20(28-27)13-14-34-3)24(31)30(25(23)32)16-18-9-5-4-6-10-18/h4-12,20,22-23,28H,1,13-16H2,2-3H3/t20-,22+,23-,27-/m0/s1. The first-order valence-electron chi connectivity index (χ1n) is 11.6. The van der Waals surface area contributed by atoms with Crippen LogP contribution in [0, 0.1) is 11.8 Å². The van der Waals surface area contributed by atoms with Crippen LogP contribution in [0.3, 0.4) is 0 Å². The average molecular weight is 476 g/mol. The molecule has 4 atom stereocenters. The first-order valence-corrected chi connectivity index (χ1v) is 13.0. The monoisotopic (exact) mass is 475 g/mol. The molecule has 34 heavy (non-hydrogen) atoms. The Morgan fingerprint density at radius 1 is 1.03 bits per heavy atom. The maximum atomic E-state index is 14.1. The number of rotatable bonds is 7. The van der Waals surface area contributed by atoms with Crippen molar-refractivity contribution in [2.24, 2.45) is 11.8 Å². The number of benzene rings is 2. The van der Waals surface area contributed by atoms with Crippen LogP contribution in [-0.2, 0) is 26.5 Å². The summed E-state index contributed by atoms with van der Waals surface area (Å²) >= 11 is 1.70. The van der Waals surface area contributed by atoms with Crippen LogP contribution in [0.2, 0.25) is 0 Å². The summed E-state index contributed by atoms with van der Waals surface area (Å²) in [6.07, 6.45) is 2.73. The van der Waals surface area contributed by atoms with E-state index in [1.807, 2.05) is 67.8 Å². The fraction of sp³-hybridized carbons (Fsp3) is 0.370. The summed E-state index contributed by atoms with van der Waals surface area (Å²) in [6, 6.07) is 16.9. The van der Waals surface area contributed by atoms with Gasteiger partial charge in [0, 0.05) is 23.8 Å². The van der Waals surface area contributed by atoms with Crippen LogP contribution in [0.1, 0.15) is 24.5 Å². The number of carbonyl (C=O) groups is 3. The maximum absolute atomic E-state index is 14.1. The minimum Gasteiger partial charge on any atom is -0.306 e. The van der Waals surface area contributed by atoms with Gasteiger partial charge in [-0.25, -0.2) is 0 Å². The first-order chi connectivity index (χ1) is 16.4. The summed E-state index contributed by atoms with van der Waals surface area (Å²) < 4.78 is 0. The van der Waals surface area contributed by atoms with Crippen LogP contribution in [0.15, 0.2) is 66.7 Å². The zero-order valence-corrected chi connectivity index (χ0v) is 20.3. The fourth-order valence-electron chi connectivity index (χ4n) is 5.85. The molecule has 3 aliphatic rings. The Hall–Kier alpha value is -2.90. The van der Waals surface area contributed by atoms with Crippen LogP contribution in [0.25, 0.3) is 0 Å². The number of nitrogens with zero attached hydrogens (tertiary/aromatic N) is 2. The lowest BCUT2D eigenvalue weighted by molar-refractivity contribution is -0.143. The van der Waals surface area contributed by atoms with E-state index in [0.717, 1.165) is 28.1 Å². The van der Waals surface area contributed by atoms with Crippen LogP contribution in [0.4, 0.5) is 5.69 Å². The van der Waals surface area contributed by atoms with E-state index in [2.05, 4.69) is 11.9 Å². The second kappa shape index (κ2) is 8.71. The molecule has 1 N–H and O–H groups in total. The van der Waals surface area contributed by atoms with E-state index < -0.39 is 17.4 Å². The summed E-state index contributed by atoms with van der Waals surface area (Å²) in [5.41, 5.74) is 2.08. The van der Waals surface area contributed by atoms with Crippen molar-refractivity contribution in [1.82, 2.24) is 10.2 Å². The van der Waals surface area contributed by atoms with E-state index >= 15 is 0 Å². The lowest BCUT2D eigenvalue weighted by atomic mass is 9.76. The quantitative estimate of drug-likeness (QED) is 0.491. The zero-order chi connectivity index (χ0) is 24.0. The predicted molar refractivity (Wildman–Crippen MR) is 134 cm³/mol. The summed E-state index contributed by atoms with van der Waals surface area (Å²) in [5, 5.41) is 3.56. The molecule has 2 fully saturated rings. The molecule has 6 nitrogen and oxygen atoms in total. The molecule has 0 radical (unpaired) electrons. The normalized spacial score (nSPS) is 27.6. The van der Waals surface area contributed by atoms with Crippen molar-refractivity contribution in [2.45, 2.75) is 31.5 Å². The number of hydrogen-bond acceptors (Lipinski definition) is 5. The van der Waals surface area contributed by atoms with Gasteiger partial charge in [0.2, 0.25) is 11.8 Å². The summed E-state index contributed by atoms with van der Waals surface area (Å²) in [7, 11) is 0. The van der Waals surface area contributed by atoms with Gasteiger partial charge in [-0.05, 0) is 37.0 Å². The second-order valence-electron chi connectivity index (χ2n) is 9.46. The molecule has 3 aliphatic heterocycles. The second-order valence-corrected chi connectivity index (χ2v) is 10.4. The Balaban J connectivity index is 1.61. The largest absolute Gasteiger partial charge is 0.306 e. The number of imide groups is 1. The Kier molecular flexibility index (Phi) is 5.86. The molecule has 0 unspecified atom stereocenters. The van der Waals surface area contributed by atoms with Gasteiger partial charge < -0.3 is 4.90 Å². The van der Waals surface area contributed by atoms with E-state index in [1.165, 1.54) is 4.90 Å². The lowest BCUT2D eigenvalue weighted by Crippen LogP contribution is -2.55. The van der Waals surface area contributed by atoms with E-state index in [4.69, 9.17) is 0 Å². The molecule has 2 aromatic rings. The highest BCUT2D eigenvalue weighted by Gasteiger charge is 2.71. The maximum Gasteiger partial charge on any atom is 0.253 e. The number of likely N-dealkylation sites (tertiary alicyclic amines) is 1. The van der Waals surface area contributed by atoms with Gasteiger partial charge in [-0.1, -0.05) is 60.7 Å². The van der Waals surface area contributed by atoms with Crippen molar-refractivity contribution in [3.05, 3.63) is 77.9 Å². The SMILES string of the molecule is C=C(C)CN1C(=O)[C@]2(N[C@@H](CCSC)[C@H]3C(=O)N(Cc4ccccc4)C(=O)[C@H]32)c2ccccc21. The first kappa shape index (κ1) is 22.9. The third kappa shape index (κ3) is 3.33. The van der Waals surface area contributed by atoms with Crippen LogP contribution >= 0.6 is 11.8 Å². The van der Waals surface area contributed by atoms with Gasteiger partial charge in [0.05, 0.1) is 18.4 Å². The molecule has 2 aromatic carbocycles. The molecule has 1 spiro atoms. The highest BCUT2D eigenvalue weighted by molar-refractivity contribution is 7.98. The number of fused-ring (bicyclic) bond motifs is 4.